The van der Waals surface area contributed by atoms with Gasteiger partial charge in [0.05, 0.1) is 36.3 Å². The number of aliphatic hydroxyl groups is 3. The highest BCUT2D eigenvalue weighted by atomic mass is 19.1. The molecule has 242 valence electrons. The molecular weight excluding hydrogens is 607 g/mol. The van der Waals surface area contributed by atoms with Gasteiger partial charge in [0.2, 0.25) is 0 Å². The Balaban J connectivity index is 1.34. The Hall–Kier alpha value is -3.82. The topological polar surface area (TPSA) is 145 Å². The first-order chi connectivity index (χ1) is 22.1. The number of hydrogen-bond acceptors (Lipinski definition) is 11. The number of benzene rings is 2. The van der Waals surface area contributed by atoms with Crippen molar-refractivity contribution in [3.8, 4) is 23.0 Å². The molecule has 9 rings (SSSR count). The molecule has 4 N–H and O–H groups in total. The molecule has 7 heterocycles. The van der Waals surface area contributed by atoms with E-state index in [-0.39, 0.29) is 77.1 Å². The monoisotopic (exact) mass is 639 g/mol. The molecule has 46 heavy (non-hydrogen) atoms. The molecule has 0 aliphatic carbocycles. The summed E-state index contributed by atoms with van der Waals surface area (Å²) < 4.78 is 58.7. The van der Waals surface area contributed by atoms with Crippen molar-refractivity contribution in [1.82, 2.24) is 19.9 Å². The minimum absolute atomic E-state index is 0.0638. The lowest BCUT2D eigenvalue weighted by Crippen LogP contribution is -2.63. The minimum Gasteiger partial charge on any atom is -0.508 e. The average Bonchev–Trinajstić information content (AvgIpc) is 3.56. The lowest BCUT2D eigenvalue weighted by molar-refractivity contribution is -0.0957. The number of aliphatic hydroxyl groups excluding tert-OH is 3. The second-order valence-corrected chi connectivity index (χ2v) is 12.8. The number of aromatic hydroxyl groups is 1. The number of piperidine rings is 1. The zero-order chi connectivity index (χ0) is 31.9. The summed E-state index contributed by atoms with van der Waals surface area (Å²) in [5, 5.41) is 43.8. The summed E-state index contributed by atoms with van der Waals surface area (Å²) in [6.07, 6.45) is -2.22. The fourth-order valence-electron chi connectivity index (χ4n) is 7.77. The number of hydrogen-bond donors (Lipinski definition) is 4. The van der Waals surface area contributed by atoms with Crippen LogP contribution in [0.4, 0.5) is 19.0 Å². The van der Waals surface area contributed by atoms with Gasteiger partial charge in [-0.15, -0.1) is 0 Å². The highest BCUT2D eigenvalue weighted by molar-refractivity contribution is 6.01. The maximum Gasteiger partial charge on any atom is 0.319 e. The smallest absolute Gasteiger partial charge is 0.319 e. The van der Waals surface area contributed by atoms with Gasteiger partial charge in [-0.3, -0.25) is 9.88 Å². The summed E-state index contributed by atoms with van der Waals surface area (Å²) in [4.78, 5) is 17.0. The zero-order valence-corrected chi connectivity index (χ0v) is 24.6. The molecule has 0 radical (unpaired) electrons. The van der Waals surface area contributed by atoms with Crippen molar-refractivity contribution in [2.24, 2.45) is 0 Å². The Morgan fingerprint density at radius 1 is 1.09 bits per heavy atom. The normalized spacial score (nSPS) is 29.5. The van der Waals surface area contributed by atoms with Crippen molar-refractivity contribution in [2.45, 2.75) is 61.9 Å². The fourth-order valence-corrected chi connectivity index (χ4v) is 7.77. The predicted molar refractivity (Wildman–Crippen MR) is 159 cm³/mol. The van der Waals surface area contributed by atoms with Crippen LogP contribution in [0.2, 0.25) is 0 Å². The van der Waals surface area contributed by atoms with Crippen molar-refractivity contribution in [3.63, 3.8) is 0 Å². The molecule has 4 aromatic rings. The number of halogens is 3. The first-order valence-electron chi connectivity index (χ1n) is 15.3. The van der Waals surface area contributed by atoms with Crippen molar-refractivity contribution >= 4 is 27.5 Å². The number of ether oxygens (including phenoxy) is 2. The third-order valence-electron chi connectivity index (χ3n) is 10.0. The minimum atomic E-state index is -1.53. The van der Waals surface area contributed by atoms with Gasteiger partial charge in [0.1, 0.15) is 53.6 Å². The number of aromatic nitrogens is 3. The first kappa shape index (κ1) is 29.6. The standard InChI is InChI=1S/C32H32F3N5O6/c33-16-8-32(4-1-5-39(32)10-16)14-46-31-37-27-19-9-36-26(25(27)35)18-7-17(41)6-15-2-3-21(34)20(24(15)18)12-45-13-22-28(43)29(44)23(42)11-40(22)30(19)38-31/h2-3,6-7,9,16,22-23,28-29,41-44H,1,4-5,8,10-14H2/t16-,22-,23+,28-,29-,32+/m1/s1. The van der Waals surface area contributed by atoms with Gasteiger partial charge >= 0.3 is 6.01 Å². The van der Waals surface area contributed by atoms with E-state index in [1.807, 2.05) is 0 Å². The molecule has 0 spiro atoms. The number of alkyl halides is 1. The van der Waals surface area contributed by atoms with E-state index in [4.69, 9.17) is 9.47 Å². The summed E-state index contributed by atoms with van der Waals surface area (Å²) >= 11 is 0. The van der Waals surface area contributed by atoms with Crippen LogP contribution in [0.5, 0.6) is 11.8 Å². The van der Waals surface area contributed by atoms with E-state index in [0.29, 0.717) is 18.4 Å². The fraction of sp³-hybridized carbons (Fsp3) is 0.469. The summed E-state index contributed by atoms with van der Waals surface area (Å²) in [7, 11) is 0. The summed E-state index contributed by atoms with van der Waals surface area (Å²) in [6.45, 7) is 0.359. The van der Waals surface area contributed by atoms with Crippen molar-refractivity contribution < 1.29 is 43.1 Å². The summed E-state index contributed by atoms with van der Waals surface area (Å²) in [5.74, 6) is -1.65. The van der Waals surface area contributed by atoms with Crippen LogP contribution in [-0.4, -0.2) is 109 Å². The van der Waals surface area contributed by atoms with Gasteiger partial charge in [-0.1, -0.05) is 6.07 Å². The number of pyridine rings is 1. The van der Waals surface area contributed by atoms with Crippen molar-refractivity contribution in [2.75, 3.05) is 37.7 Å². The molecule has 11 nitrogen and oxygen atoms in total. The lowest BCUT2D eigenvalue weighted by atomic mass is 9.94. The predicted octanol–water partition coefficient (Wildman–Crippen LogP) is 2.59. The quantitative estimate of drug-likeness (QED) is 0.263. The lowest BCUT2D eigenvalue weighted by Gasteiger charge is -2.44. The Labute approximate surface area is 260 Å². The van der Waals surface area contributed by atoms with Crippen LogP contribution in [-0.2, 0) is 11.3 Å². The van der Waals surface area contributed by atoms with Gasteiger partial charge in [0.25, 0.3) is 0 Å². The number of phenols is 1. The van der Waals surface area contributed by atoms with E-state index in [1.165, 1.54) is 35.4 Å². The van der Waals surface area contributed by atoms with Crippen molar-refractivity contribution in [3.05, 3.63) is 47.7 Å². The third-order valence-corrected chi connectivity index (χ3v) is 10.0. The zero-order valence-electron chi connectivity index (χ0n) is 24.6. The molecule has 4 bridgehead atoms. The van der Waals surface area contributed by atoms with E-state index < -0.39 is 47.7 Å². The summed E-state index contributed by atoms with van der Waals surface area (Å²) in [6, 6.07) is 4.17. The second-order valence-electron chi connectivity index (χ2n) is 12.8. The van der Waals surface area contributed by atoms with Crippen LogP contribution in [0.25, 0.3) is 32.9 Å². The molecule has 0 unspecified atom stereocenters. The van der Waals surface area contributed by atoms with E-state index >= 15 is 8.78 Å². The Bertz CT molecular complexity index is 1870. The van der Waals surface area contributed by atoms with E-state index in [2.05, 4.69) is 19.9 Å². The molecule has 3 saturated heterocycles. The van der Waals surface area contributed by atoms with Gasteiger partial charge in [-0.2, -0.15) is 9.97 Å². The number of nitrogens with zero attached hydrogens (tertiary/aromatic N) is 5. The van der Waals surface area contributed by atoms with E-state index in [0.717, 1.165) is 19.4 Å². The maximum absolute atomic E-state index is 16.8. The number of phenolic OH excluding ortho intramolecular Hbond substituents is 1. The van der Waals surface area contributed by atoms with Crippen LogP contribution in [0.1, 0.15) is 24.8 Å². The highest BCUT2D eigenvalue weighted by Gasteiger charge is 2.49. The third kappa shape index (κ3) is 4.57. The van der Waals surface area contributed by atoms with Gasteiger partial charge in [0, 0.05) is 36.8 Å². The van der Waals surface area contributed by atoms with E-state index in [1.54, 1.807) is 0 Å². The molecule has 2 aromatic heterocycles. The Morgan fingerprint density at radius 3 is 2.78 bits per heavy atom. The summed E-state index contributed by atoms with van der Waals surface area (Å²) in [5.41, 5.74) is -0.771. The SMILES string of the molecule is Oc1cc2c3c(c(F)ccc3c1)COC[C@@H]1[C@@H](O)[C@H](O)[C@@H](O)CN1c1nc(OC[C@@]34CCCN3C[C@H](F)C4)nc3c(F)c-2ncc13. The van der Waals surface area contributed by atoms with Crippen LogP contribution in [0.3, 0.4) is 0 Å². The molecular formula is C32H32F3N5O6. The molecule has 2 aromatic carbocycles. The Kier molecular flexibility index (Phi) is 6.99. The molecule has 14 heteroatoms. The molecule has 5 aliphatic rings. The van der Waals surface area contributed by atoms with Crippen LogP contribution in [0, 0.1) is 11.6 Å². The van der Waals surface area contributed by atoms with Crippen LogP contribution in [0.15, 0.2) is 30.5 Å². The molecule has 0 saturated carbocycles. The Morgan fingerprint density at radius 2 is 1.93 bits per heavy atom. The molecule has 0 amide bonds. The maximum atomic E-state index is 16.8. The van der Waals surface area contributed by atoms with Crippen LogP contribution >= 0.6 is 0 Å². The average molecular weight is 640 g/mol. The molecule has 6 atom stereocenters. The first-order valence-corrected chi connectivity index (χ1v) is 15.3. The number of rotatable bonds is 3. The van der Waals surface area contributed by atoms with Gasteiger partial charge in [0.15, 0.2) is 5.82 Å². The molecule has 5 aliphatic heterocycles. The number of anilines is 1. The van der Waals surface area contributed by atoms with Crippen molar-refractivity contribution in [1.29, 1.82) is 0 Å². The largest absolute Gasteiger partial charge is 0.508 e. The van der Waals surface area contributed by atoms with Gasteiger partial charge in [-0.25, -0.2) is 13.2 Å². The second kappa shape index (κ2) is 10.9. The molecule has 3 fully saturated rings. The van der Waals surface area contributed by atoms with Gasteiger partial charge < -0.3 is 34.8 Å². The number of fused-ring (bicyclic) bond motifs is 4. The van der Waals surface area contributed by atoms with E-state index in [9.17, 15) is 24.8 Å². The van der Waals surface area contributed by atoms with Crippen LogP contribution < -0.4 is 9.64 Å². The van der Waals surface area contributed by atoms with Gasteiger partial charge in [-0.05, 0) is 48.4 Å². The highest BCUT2D eigenvalue weighted by Crippen LogP contribution is 2.42.